The summed E-state index contributed by atoms with van der Waals surface area (Å²) in [5, 5.41) is 9.52. The van der Waals surface area contributed by atoms with Crippen LogP contribution in [0.2, 0.25) is 0 Å². The SMILES string of the molecule is CCNc1ncc(F)cc1C(=O)Nc1ccn(C)n1. The van der Waals surface area contributed by atoms with E-state index in [0.717, 1.165) is 12.3 Å². The molecule has 19 heavy (non-hydrogen) atoms. The van der Waals surface area contributed by atoms with Gasteiger partial charge in [-0.15, -0.1) is 0 Å². The van der Waals surface area contributed by atoms with Gasteiger partial charge in [0.25, 0.3) is 5.91 Å². The predicted molar refractivity (Wildman–Crippen MR) is 69.5 cm³/mol. The van der Waals surface area contributed by atoms with Gasteiger partial charge < -0.3 is 10.6 Å². The summed E-state index contributed by atoms with van der Waals surface area (Å²) in [6.45, 7) is 2.45. The minimum atomic E-state index is -0.562. The first-order valence-corrected chi connectivity index (χ1v) is 5.80. The number of halogens is 1. The van der Waals surface area contributed by atoms with Crippen molar-refractivity contribution in [2.45, 2.75) is 6.92 Å². The van der Waals surface area contributed by atoms with Crippen LogP contribution < -0.4 is 10.6 Å². The molecule has 0 saturated heterocycles. The maximum atomic E-state index is 13.2. The Balaban J connectivity index is 2.24. The third-order valence-corrected chi connectivity index (χ3v) is 2.40. The van der Waals surface area contributed by atoms with Crippen molar-refractivity contribution >= 4 is 17.5 Å². The third kappa shape index (κ3) is 3.06. The average Bonchev–Trinajstić information content (AvgIpc) is 2.77. The van der Waals surface area contributed by atoms with Gasteiger partial charge in [0, 0.05) is 25.9 Å². The molecule has 0 aliphatic carbocycles. The molecule has 0 atom stereocenters. The highest BCUT2D eigenvalue weighted by Gasteiger charge is 2.14. The molecular formula is C12H14FN5O. The summed E-state index contributed by atoms with van der Waals surface area (Å²) in [6.07, 6.45) is 2.76. The standard InChI is InChI=1S/C12H14FN5O/c1-3-14-11-9(6-8(13)7-15-11)12(19)16-10-4-5-18(2)17-10/h4-7H,3H2,1-2H3,(H,14,15)(H,16,17,19). The minimum Gasteiger partial charge on any atom is -0.370 e. The van der Waals surface area contributed by atoms with Gasteiger partial charge in [0.1, 0.15) is 11.6 Å². The van der Waals surface area contributed by atoms with Gasteiger partial charge in [-0.3, -0.25) is 9.48 Å². The van der Waals surface area contributed by atoms with Crippen LogP contribution in [0.1, 0.15) is 17.3 Å². The van der Waals surface area contributed by atoms with E-state index in [0.29, 0.717) is 18.2 Å². The van der Waals surface area contributed by atoms with Gasteiger partial charge in [0.05, 0.1) is 11.8 Å². The van der Waals surface area contributed by atoms with Crippen LogP contribution in [0.5, 0.6) is 0 Å². The molecule has 0 aromatic carbocycles. The Labute approximate surface area is 109 Å². The zero-order valence-corrected chi connectivity index (χ0v) is 10.6. The number of aryl methyl sites for hydroxylation is 1. The zero-order valence-electron chi connectivity index (χ0n) is 10.6. The summed E-state index contributed by atoms with van der Waals surface area (Å²) >= 11 is 0. The number of amides is 1. The van der Waals surface area contributed by atoms with Crippen molar-refractivity contribution in [3.05, 3.63) is 35.9 Å². The molecule has 0 aliphatic heterocycles. The molecule has 0 unspecified atom stereocenters. The summed E-state index contributed by atoms with van der Waals surface area (Å²) in [4.78, 5) is 15.9. The minimum absolute atomic E-state index is 0.146. The molecule has 0 aliphatic rings. The topological polar surface area (TPSA) is 71.8 Å². The maximum absolute atomic E-state index is 13.2. The van der Waals surface area contributed by atoms with Crippen LogP contribution >= 0.6 is 0 Å². The molecular weight excluding hydrogens is 249 g/mol. The highest BCUT2D eigenvalue weighted by atomic mass is 19.1. The van der Waals surface area contributed by atoms with Crippen LogP contribution in [0, 0.1) is 5.82 Å². The van der Waals surface area contributed by atoms with Crippen LogP contribution in [0.4, 0.5) is 16.0 Å². The Morgan fingerprint density at radius 1 is 1.53 bits per heavy atom. The summed E-state index contributed by atoms with van der Waals surface area (Å²) < 4.78 is 14.8. The smallest absolute Gasteiger partial charge is 0.260 e. The third-order valence-electron chi connectivity index (χ3n) is 2.40. The number of aromatic nitrogens is 3. The second-order valence-corrected chi connectivity index (χ2v) is 3.91. The van der Waals surface area contributed by atoms with Gasteiger partial charge in [-0.1, -0.05) is 0 Å². The van der Waals surface area contributed by atoms with Crippen LogP contribution in [-0.4, -0.2) is 27.2 Å². The van der Waals surface area contributed by atoms with Crippen molar-refractivity contribution in [3.8, 4) is 0 Å². The lowest BCUT2D eigenvalue weighted by Crippen LogP contribution is -2.16. The lowest BCUT2D eigenvalue weighted by Gasteiger charge is -2.09. The molecule has 0 spiro atoms. The van der Waals surface area contributed by atoms with Crippen LogP contribution in [0.15, 0.2) is 24.5 Å². The molecule has 0 bridgehead atoms. The number of carbonyl (C=O) groups excluding carboxylic acids is 1. The Kier molecular flexibility index (Phi) is 3.74. The molecule has 0 saturated carbocycles. The molecule has 2 heterocycles. The summed E-state index contributed by atoms with van der Waals surface area (Å²) in [5.41, 5.74) is 0.146. The number of rotatable bonds is 4. The Hall–Kier alpha value is -2.44. The Morgan fingerprint density at radius 3 is 2.95 bits per heavy atom. The van der Waals surface area contributed by atoms with E-state index >= 15 is 0 Å². The number of pyridine rings is 1. The van der Waals surface area contributed by atoms with Crippen molar-refractivity contribution in [2.75, 3.05) is 17.2 Å². The van der Waals surface area contributed by atoms with Gasteiger partial charge in [-0.2, -0.15) is 5.10 Å². The fourth-order valence-corrected chi connectivity index (χ4v) is 1.59. The van der Waals surface area contributed by atoms with E-state index in [-0.39, 0.29) is 5.56 Å². The van der Waals surface area contributed by atoms with Crippen molar-refractivity contribution in [3.63, 3.8) is 0 Å². The second-order valence-electron chi connectivity index (χ2n) is 3.91. The van der Waals surface area contributed by atoms with Gasteiger partial charge >= 0.3 is 0 Å². The Morgan fingerprint density at radius 2 is 2.32 bits per heavy atom. The maximum Gasteiger partial charge on any atom is 0.260 e. The average molecular weight is 263 g/mol. The molecule has 2 N–H and O–H groups in total. The van der Waals surface area contributed by atoms with Crippen LogP contribution in [0.25, 0.3) is 0 Å². The molecule has 2 aromatic heterocycles. The van der Waals surface area contributed by atoms with Gasteiger partial charge in [-0.05, 0) is 13.0 Å². The first-order valence-electron chi connectivity index (χ1n) is 5.80. The van der Waals surface area contributed by atoms with Gasteiger partial charge in [-0.25, -0.2) is 9.37 Å². The molecule has 100 valence electrons. The van der Waals surface area contributed by atoms with Crippen LogP contribution in [0.3, 0.4) is 0 Å². The van der Waals surface area contributed by atoms with Crippen molar-refractivity contribution in [1.29, 1.82) is 0 Å². The first kappa shape index (κ1) is 13.0. The first-order chi connectivity index (χ1) is 9.10. The highest BCUT2D eigenvalue weighted by molar-refractivity contribution is 6.07. The van der Waals surface area contributed by atoms with E-state index in [1.165, 1.54) is 0 Å². The van der Waals surface area contributed by atoms with E-state index in [4.69, 9.17) is 0 Å². The molecule has 2 aromatic rings. The van der Waals surface area contributed by atoms with E-state index in [1.807, 2.05) is 6.92 Å². The number of anilines is 2. The van der Waals surface area contributed by atoms with E-state index in [9.17, 15) is 9.18 Å². The summed E-state index contributed by atoms with van der Waals surface area (Å²) in [6, 6.07) is 2.79. The fourth-order valence-electron chi connectivity index (χ4n) is 1.59. The number of carbonyl (C=O) groups is 1. The monoisotopic (exact) mass is 263 g/mol. The highest BCUT2D eigenvalue weighted by Crippen LogP contribution is 2.15. The number of hydrogen-bond donors (Lipinski definition) is 2. The number of hydrogen-bond acceptors (Lipinski definition) is 4. The normalized spacial score (nSPS) is 10.3. The van der Waals surface area contributed by atoms with Crippen molar-refractivity contribution < 1.29 is 9.18 Å². The second kappa shape index (κ2) is 5.47. The number of nitrogens with one attached hydrogen (secondary N) is 2. The molecule has 2 rings (SSSR count). The summed E-state index contributed by atoms with van der Waals surface area (Å²) in [7, 11) is 1.74. The zero-order chi connectivity index (χ0) is 13.8. The van der Waals surface area contributed by atoms with Crippen LogP contribution in [-0.2, 0) is 7.05 Å². The molecule has 0 fully saturated rings. The molecule has 1 amide bonds. The largest absolute Gasteiger partial charge is 0.370 e. The summed E-state index contributed by atoms with van der Waals surface area (Å²) in [5.74, 6) is -0.272. The number of nitrogens with zero attached hydrogens (tertiary/aromatic N) is 3. The van der Waals surface area contributed by atoms with Gasteiger partial charge in [0.2, 0.25) is 0 Å². The van der Waals surface area contributed by atoms with E-state index in [1.54, 1.807) is 24.0 Å². The predicted octanol–water partition coefficient (Wildman–Crippen LogP) is 1.64. The quantitative estimate of drug-likeness (QED) is 0.879. The van der Waals surface area contributed by atoms with E-state index in [2.05, 4.69) is 20.7 Å². The molecule has 7 heteroatoms. The van der Waals surface area contributed by atoms with Crippen molar-refractivity contribution in [2.24, 2.45) is 7.05 Å². The molecule has 0 radical (unpaired) electrons. The lowest BCUT2D eigenvalue weighted by atomic mass is 10.2. The van der Waals surface area contributed by atoms with E-state index < -0.39 is 11.7 Å². The lowest BCUT2D eigenvalue weighted by molar-refractivity contribution is 0.102. The molecule has 6 nitrogen and oxygen atoms in total. The fraction of sp³-hybridized carbons (Fsp3) is 0.250. The Bertz CT molecular complexity index is 596. The van der Waals surface area contributed by atoms with Crippen molar-refractivity contribution in [1.82, 2.24) is 14.8 Å². The van der Waals surface area contributed by atoms with Gasteiger partial charge in [0.15, 0.2) is 5.82 Å².